The van der Waals surface area contributed by atoms with Crippen molar-refractivity contribution in [2.75, 3.05) is 26.2 Å². The first kappa shape index (κ1) is 21.0. The van der Waals surface area contributed by atoms with Crippen LogP contribution in [0, 0.1) is 5.92 Å². The van der Waals surface area contributed by atoms with E-state index in [4.69, 9.17) is 0 Å². The second kappa shape index (κ2) is 10.2. The van der Waals surface area contributed by atoms with Gasteiger partial charge in [0, 0.05) is 21.5 Å². The van der Waals surface area contributed by atoms with Gasteiger partial charge >= 0.3 is 0 Å². The first-order chi connectivity index (χ1) is 13.5. The van der Waals surface area contributed by atoms with Crippen LogP contribution in [-0.4, -0.2) is 42.9 Å². The Morgan fingerprint density at radius 1 is 1.18 bits per heavy atom. The van der Waals surface area contributed by atoms with E-state index >= 15 is 0 Å². The molecule has 3 rings (SSSR count). The molecule has 0 bridgehead atoms. The van der Waals surface area contributed by atoms with Gasteiger partial charge in [0.05, 0.1) is 12.6 Å². The number of halogens is 1. The van der Waals surface area contributed by atoms with Crippen LogP contribution < -0.4 is 10.6 Å². The third-order valence-electron chi connectivity index (χ3n) is 5.14. The lowest BCUT2D eigenvalue weighted by molar-refractivity contribution is -0.120. The van der Waals surface area contributed by atoms with Crippen LogP contribution in [0.15, 0.2) is 46.3 Å². The smallest absolute Gasteiger partial charge is 0.251 e. The normalized spacial score (nSPS) is 16.5. The monoisotopic (exact) mass is 463 g/mol. The molecule has 1 fully saturated rings. The van der Waals surface area contributed by atoms with Crippen molar-refractivity contribution in [3.05, 3.63) is 56.7 Å². The number of nitrogens with one attached hydrogen (secondary N) is 2. The Labute approximate surface area is 178 Å². The predicted molar refractivity (Wildman–Crippen MR) is 117 cm³/mol. The molecule has 5 nitrogen and oxygen atoms in total. The van der Waals surface area contributed by atoms with Gasteiger partial charge in [-0.15, -0.1) is 11.3 Å². The Balaban J connectivity index is 1.50. The van der Waals surface area contributed by atoms with Crippen LogP contribution in [0.3, 0.4) is 0 Å². The zero-order valence-corrected chi connectivity index (χ0v) is 18.4. The van der Waals surface area contributed by atoms with Crippen LogP contribution in [0.5, 0.6) is 0 Å². The fourth-order valence-electron chi connectivity index (χ4n) is 3.37. The molecule has 2 heterocycles. The third-order valence-corrected chi connectivity index (χ3v) is 6.64. The van der Waals surface area contributed by atoms with Crippen LogP contribution in [0.2, 0.25) is 0 Å². The average Bonchev–Trinajstić information content (AvgIpc) is 3.22. The van der Waals surface area contributed by atoms with Gasteiger partial charge in [0.2, 0.25) is 5.91 Å². The number of piperidine rings is 1. The average molecular weight is 464 g/mol. The SMILES string of the molecule is CC1CCN(C(CNC(=O)CNC(=O)c2ccc(Br)cc2)c2cccs2)CC1. The number of hydrogen-bond acceptors (Lipinski definition) is 4. The van der Waals surface area contributed by atoms with Gasteiger partial charge in [-0.25, -0.2) is 0 Å². The van der Waals surface area contributed by atoms with Crippen LogP contribution >= 0.6 is 27.3 Å². The summed E-state index contributed by atoms with van der Waals surface area (Å²) in [6.45, 7) is 4.94. The number of amides is 2. The zero-order chi connectivity index (χ0) is 19.9. The van der Waals surface area contributed by atoms with Gasteiger partial charge in [0.15, 0.2) is 0 Å². The van der Waals surface area contributed by atoms with Gasteiger partial charge < -0.3 is 10.6 Å². The van der Waals surface area contributed by atoms with E-state index in [1.54, 1.807) is 35.6 Å². The van der Waals surface area contributed by atoms with Crippen molar-refractivity contribution in [2.24, 2.45) is 5.92 Å². The van der Waals surface area contributed by atoms with E-state index in [-0.39, 0.29) is 24.4 Å². The van der Waals surface area contributed by atoms with Crippen LogP contribution in [-0.2, 0) is 4.79 Å². The Kier molecular flexibility index (Phi) is 7.65. The summed E-state index contributed by atoms with van der Waals surface area (Å²) < 4.78 is 0.911. The highest BCUT2D eigenvalue weighted by molar-refractivity contribution is 9.10. The van der Waals surface area contributed by atoms with Crippen LogP contribution in [0.25, 0.3) is 0 Å². The summed E-state index contributed by atoms with van der Waals surface area (Å²) in [4.78, 5) is 28.2. The molecule has 0 aliphatic carbocycles. The van der Waals surface area contributed by atoms with E-state index in [0.29, 0.717) is 12.1 Å². The Morgan fingerprint density at radius 3 is 2.54 bits per heavy atom. The highest BCUT2D eigenvalue weighted by Crippen LogP contribution is 2.29. The standard InChI is InChI=1S/C21H26BrN3O2S/c1-15-8-10-25(11-9-15)18(19-3-2-12-28-19)13-23-20(26)14-24-21(27)16-4-6-17(22)7-5-16/h2-7,12,15,18H,8-11,13-14H2,1H3,(H,23,26)(H,24,27). The fourth-order valence-corrected chi connectivity index (χ4v) is 4.49. The molecule has 2 aromatic rings. The minimum atomic E-state index is -0.248. The molecule has 2 amide bonds. The van der Waals surface area contributed by atoms with Crippen molar-refractivity contribution in [1.82, 2.24) is 15.5 Å². The van der Waals surface area contributed by atoms with Gasteiger partial charge in [-0.1, -0.05) is 28.9 Å². The number of rotatable bonds is 7. The maximum absolute atomic E-state index is 12.3. The fraction of sp³-hybridized carbons (Fsp3) is 0.429. The first-order valence-electron chi connectivity index (χ1n) is 9.61. The Morgan fingerprint density at radius 2 is 1.89 bits per heavy atom. The highest BCUT2D eigenvalue weighted by Gasteiger charge is 2.25. The third kappa shape index (κ3) is 5.90. The minimum absolute atomic E-state index is 0.0247. The van der Waals surface area contributed by atoms with Crippen molar-refractivity contribution >= 4 is 39.1 Å². The lowest BCUT2D eigenvalue weighted by Gasteiger charge is -2.36. The molecule has 2 N–H and O–H groups in total. The van der Waals surface area contributed by atoms with E-state index in [0.717, 1.165) is 23.5 Å². The molecule has 1 unspecified atom stereocenters. The number of carbonyl (C=O) groups excluding carboxylic acids is 2. The van der Waals surface area contributed by atoms with E-state index in [9.17, 15) is 9.59 Å². The number of nitrogens with zero attached hydrogens (tertiary/aromatic N) is 1. The van der Waals surface area contributed by atoms with Crippen molar-refractivity contribution in [3.8, 4) is 0 Å². The maximum Gasteiger partial charge on any atom is 0.251 e. The summed E-state index contributed by atoms with van der Waals surface area (Å²) in [6, 6.07) is 11.4. The topological polar surface area (TPSA) is 61.4 Å². The molecular formula is C21H26BrN3O2S. The molecule has 1 saturated heterocycles. The van der Waals surface area contributed by atoms with Crippen molar-refractivity contribution in [2.45, 2.75) is 25.8 Å². The molecule has 1 aromatic carbocycles. The molecule has 0 spiro atoms. The van der Waals surface area contributed by atoms with Crippen molar-refractivity contribution in [1.29, 1.82) is 0 Å². The number of benzene rings is 1. The van der Waals surface area contributed by atoms with Crippen molar-refractivity contribution in [3.63, 3.8) is 0 Å². The molecular weight excluding hydrogens is 438 g/mol. The van der Waals surface area contributed by atoms with Crippen LogP contribution in [0.4, 0.5) is 0 Å². The number of hydrogen-bond donors (Lipinski definition) is 2. The molecule has 1 aromatic heterocycles. The summed E-state index contributed by atoms with van der Waals surface area (Å²) >= 11 is 5.07. The first-order valence-corrected chi connectivity index (χ1v) is 11.3. The molecule has 0 radical (unpaired) electrons. The quantitative estimate of drug-likeness (QED) is 0.655. The number of thiophene rings is 1. The van der Waals surface area contributed by atoms with Crippen molar-refractivity contribution < 1.29 is 9.59 Å². The molecule has 1 aliphatic rings. The predicted octanol–water partition coefficient (Wildman–Crippen LogP) is 3.83. The van der Waals surface area contributed by atoms with E-state index in [2.05, 4.69) is 55.9 Å². The summed E-state index contributed by atoms with van der Waals surface area (Å²) in [5.41, 5.74) is 0.537. The highest BCUT2D eigenvalue weighted by atomic mass is 79.9. The summed E-state index contributed by atoms with van der Waals surface area (Å²) in [5.74, 6) is 0.350. The molecule has 1 aliphatic heterocycles. The number of likely N-dealkylation sites (tertiary alicyclic amines) is 1. The molecule has 7 heteroatoms. The molecule has 150 valence electrons. The van der Waals surface area contributed by atoms with Gasteiger partial charge in [-0.2, -0.15) is 0 Å². The summed E-state index contributed by atoms with van der Waals surface area (Å²) in [6.07, 6.45) is 2.39. The van der Waals surface area contributed by atoms with Crippen LogP contribution in [0.1, 0.15) is 41.0 Å². The largest absolute Gasteiger partial charge is 0.353 e. The Hall–Kier alpha value is -1.70. The molecule has 28 heavy (non-hydrogen) atoms. The molecule has 1 atom stereocenters. The van der Waals surface area contributed by atoms with Gasteiger partial charge in [0.1, 0.15) is 0 Å². The van der Waals surface area contributed by atoms with Gasteiger partial charge in [0.25, 0.3) is 5.91 Å². The Bertz CT molecular complexity index is 771. The summed E-state index contributed by atoms with van der Waals surface area (Å²) in [5, 5.41) is 7.76. The van der Waals surface area contributed by atoms with E-state index < -0.39 is 0 Å². The second-order valence-corrected chi connectivity index (χ2v) is 9.14. The lowest BCUT2D eigenvalue weighted by Crippen LogP contribution is -2.44. The summed E-state index contributed by atoms with van der Waals surface area (Å²) in [7, 11) is 0. The minimum Gasteiger partial charge on any atom is -0.353 e. The second-order valence-electron chi connectivity index (χ2n) is 7.24. The van der Waals surface area contributed by atoms with Gasteiger partial charge in [-0.3, -0.25) is 14.5 Å². The zero-order valence-electron chi connectivity index (χ0n) is 16.0. The van der Waals surface area contributed by atoms with E-state index in [1.807, 2.05) is 0 Å². The lowest BCUT2D eigenvalue weighted by atomic mass is 9.97. The number of carbonyl (C=O) groups is 2. The molecule has 0 saturated carbocycles. The maximum atomic E-state index is 12.3. The van der Waals surface area contributed by atoms with E-state index in [1.165, 1.54) is 17.7 Å². The van der Waals surface area contributed by atoms with Gasteiger partial charge in [-0.05, 0) is 67.6 Å².